The van der Waals surface area contributed by atoms with Crippen LogP contribution in [0.1, 0.15) is 65.8 Å². The van der Waals surface area contributed by atoms with E-state index < -0.39 is 34.6 Å². The Morgan fingerprint density at radius 2 is 1.67 bits per heavy atom. The Morgan fingerprint density at radius 1 is 0.978 bits per heavy atom. The van der Waals surface area contributed by atoms with Crippen molar-refractivity contribution in [1.29, 1.82) is 0 Å². The topological polar surface area (TPSA) is 124 Å². The molecule has 2 atom stereocenters. The Hall–Kier alpha value is -4.23. The minimum absolute atomic E-state index is 0.0813. The molecule has 1 aliphatic heterocycles. The minimum Gasteiger partial charge on any atom is -0.367 e. The van der Waals surface area contributed by atoms with Crippen molar-refractivity contribution in [2.24, 2.45) is 5.73 Å². The number of aromatic amines is 1. The average molecular weight is 645 g/mol. The Bertz CT molecular complexity index is 1600. The molecule has 1 saturated heterocycles. The third-order valence-corrected chi connectivity index (χ3v) is 8.38. The van der Waals surface area contributed by atoms with Crippen molar-refractivity contribution in [3.8, 4) is 11.1 Å². The first-order valence-corrected chi connectivity index (χ1v) is 15.3. The summed E-state index contributed by atoms with van der Waals surface area (Å²) in [4.78, 5) is 44.2. The third-order valence-electron chi connectivity index (χ3n) is 8.38. The summed E-state index contributed by atoms with van der Waals surface area (Å²) >= 11 is 0. The molecule has 9 nitrogen and oxygen atoms in total. The SMILES string of the molecule is C[C@@H]1CN(c2ccc(-c3cc(C(=O)NCCCCCCN)ccc3F)cc2NC(=O)c2c[nH]c(=O)cc2C(F)(F)F)C[C@H](C)N1C. The molecule has 13 heteroatoms. The van der Waals surface area contributed by atoms with Gasteiger partial charge in [-0.25, -0.2) is 4.39 Å². The molecule has 3 aromatic rings. The zero-order valence-electron chi connectivity index (χ0n) is 26.1. The minimum atomic E-state index is -4.96. The van der Waals surface area contributed by atoms with Crippen molar-refractivity contribution >= 4 is 23.2 Å². The van der Waals surface area contributed by atoms with Gasteiger partial charge in [-0.2, -0.15) is 13.2 Å². The quantitative estimate of drug-likeness (QED) is 0.168. The number of amides is 2. The molecular formula is C33H40F4N6O3. The van der Waals surface area contributed by atoms with Crippen LogP contribution in [0, 0.1) is 5.82 Å². The second kappa shape index (κ2) is 14.9. The summed E-state index contributed by atoms with van der Waals surface area (Å²) in [5.41, 5.74) is 3.67. The fourth-order valence-electron chi connectivity index (χ4n) is 5.58. The van der Waals surface area contributed by atoms with Crippen LogP contribution in [-0.2, 0) is 6.18 Å². The van der Waals surface area contributed by atoms with Gasteiger partial charge in [-0.15, -0.1) is 0 Å². The molecule has 0 radical (unpaired) electrons. The Balaban J connectivity index is 1.69. The normalized spacial score (nSPS) is 17.2. The van der Waals surface area contributed by atoms with E-state index in [1.807, 2.05) is 25.8 Å². The lowest BCUT2D eigenvalue weighted by atomic mass is 9.99. The number of likely N-dealkylation sites (N-methyl/N-ethyl adjacent to an activating group) is 1. The number of carbonyl (C=O) groups is 2. The van der Waals surface area contributed by atoms with E-state index in [1.54, 1.807) is 12.1 Å². The Labute approximate surface area is 265 Å². The fourth-order valence-corrected chi connectivity index (χ4v) is 5.58. The van der Waals surface area contributed by atoms with Crippen molar-refractivity contribution in [3.63, 3.8) is 0 Å². The van der Waals surface area contributed by atoms with Crippen LogP contribution in [0.2, 0.25) is 0 Å². The molecule has 46 heavy (non-hydrogen) atoms. The highest BCUT2D eigenvalue weighted by Crippen LogP contribution is 2.36. The number of unbranched alkanes of at least 4 members (excludes halogenated alkanes) is 3. The van der Waals surface area contributed by atoms with Gasteiger partial charge in [-0.05, 0) is 76.2 Å². The van der Waals surface area contributed by atoms with Crippen LogP contribution in [0.4, 0.5) is 28.9 Å². The maximum atomic E-state index is 15.2. The van der Waals surface area contributed by atoms with Gasteiger partial charge in [0.25, 0.3) is 11.8 Å². The number of nitrogens with zero attached hydrogens (tertiary/aromatic N) is 2. The summed E-state index contributed by atoms with van der Waals surface area (Å²) in [7, 11) is 2.00. The van der Waals surface area contributed by atoms with Crippen molar-refractivity contribution in [2.45, 2.75) is 57.8 Å². The maximum Gasteiger partial charge on any atom is 0.417 e. The van der Waals surface area contributed by atoms with Gasteiger partial charge in [0, 0.05) is 55.1 Å². The van der Waals surface area contributed by atoms with E-state index in [0.29, 0.717) is 43.5 Å². The Kier molecular flexibility index (Phi) is 11.2. The smallest absolute Gasteiger partial charge is 0.367 e. The number of anilines is 2. The molecule has 1 aromatic heterocycles. The number of nitrogens with two attached hydrogens (primary N) is 1. The number of carbonyl (C=O) groups excluding carboxylic acids is 2. The summed E-state index contributed by atoms with van der Waals surface area (Å²) in [5.74, 6) is -2.09. The number of pyridine rings is 1. The lowest BCUT2D eigenvalue weighted by molar-refractivity contribution is -0.138. The first kappa shape index (κ1) is 34.6. The zero-order chi connectivity index (χ0) is 33.6. The highest BCUT2D eigenvalue weighted by Gasteiger charge is 2.36. The lowest BCUT2D eigenvalue weighted by Crippen LogP contribution is -2.55. The average Bonchev–Trinajstić information content (AvgIpc) is 3.01. The second-order valence-corrected chi connectivity index (χ2v) is 11.7. The summed E-state index contributed by atoms with van der Waals surface area (Å²) in [6, 6.07) is 9.35. The van der Waals surface area contributed by atoms with E-state index >= 15 is 4.39 Å². The zero-order valence-corrected chi connectivity index (χ0v) is 26.1. The van der Waals surface area contributed by atoms with Gasteiger partial charge in [-0.1, -0.05) is 18.9 Å². The second-order valence-electron chi connectivity index (χ2n) is 11.7. The molecular weight excluding hydrogens is 604 g/mol. The fraction of sp³-hybridized carbons (Fsp3) is 0.424. The van der Waals surface area contributed by atoms with Crippen LogP contribution in [-0.4, -0.2) is 67.0 Å². The highest BCUT2D eigenvalue weighted by molar-refractivity contribution is 6.07. The van der Waals surface area contributed by atoms with Crippen molar-refractivity contribution in [3.05, 3.63) is 81.5 Å². The van der Waals surface area contributed by atoms with Crippen LogP contribution < -0.4 is 26.8 Å². The molecule has 4 rings (SSSR count). The highest BCUT2D eigenvalue weighted by atomic mass is 19.4. The van der Waals surface area contributed by atoms with Crippen LogP contribution >= 0.6 is 0 Å². The van der Waals surface area contributed by atoms with Crippen LogP contribution in [0.15, 0.2) is 53.5 Å². The van der Waals surface area contributed by atoms with Gasteiger partial charge in [0.05, 0.1) is 22.5 Å². The molecule has 2 aromatic carbocycles. The van der Waals surface area contributed by atoms with E-state index in [4.69, 9.17) is 5.73 Å². The predicted octanol–water partition coefficient (Wildman–Crippen LogP) is 5.23. The first-order chi connectivity index (χ1) is 21.8. The molecule has 0 saturated carbocycles. The van der Waals surface area contributed by atoms with Crippen molar-refractivity contribution in [1.82, 2.24) is 15.2 Å². The summed E-state index contributed by atoms with van der Waals surface area (Å²) in [6.45, 7) is 6.27. The van der Waals surface area contributed by atoms with Crippen LogP contribution in [0.25, 0.3) is 11.1 Å². The van der Waals surface area contributed by atoms with Gasteiger partial charge in [-0.3, -0.25) is 19.3 Å². The van der Waals surface area contributed by atoms with E-state index in [0.717, 1.165) is 31.9 Å². The van der Waals surface area contributed by atoms with Crippen LogP contribution in [0.5, 0.6) is 0 Å². The number of benzene rings is 2. The molecule has 1 fully saturated rings. The number of aromatic nitrogens is 1. The van der Waals surface area contributed by atoms with Gasteiger partial charge in [0.1, 0.15) is 5.82 Å². The number of hydrogen-bond acceptors (Lipinski definition) is 6. The molecule has 248 valence electrons. The summed E-state index contributed by atoms with van der Waals surface area (Å²) < 4.78 is 56.5. The molecule has 2 heterocycles. The summed E-state index contributed by atoms with van der Waals surface area (Å²) in [6.07, 6.45) is -0.654. The van der Waals surface area contributed by atoms with Crippen molar-refractivity contribution in [2.75, 3.05) is 43.4 Å². The number of hydrogen-bond donors (Lipinski definition) is 4. The largest absolute Gasteiger partial charge is 0.417 e. The van der Waals surface area contributed by atoms with Gasteiger partial charge < -0.3 is 26.3 Å². The number of alkyl halides is 3. The predicted molar refractivity (Wildman–Crippen MR) is 171 cm³/mol. The Morgan fingerprint density at radius 3 is 2.35 bits per heavy atom. The molecule has 0 unspecified atom stereocenters. The molecule has 2 amide bonds. The first-order valence-electron chi connectivity index (χ1n) is 15.3. The van der Waals surface area contributed by atoms with Crippen LogP contribution in [0.3, 0.4) is 0 Å². The van der Waals surface area contributed by atoms with E-state index in [1.165, 1.54) is 24.3 Å². The number of H-pyrrole nitrogens is 1. The number of rotatable bonds is 11. The molecule has 0 aliphatic carbocycles. The third kappa shape index (κ3) is 8.32. The summed E-state index contributed by atoms with van der Waals surface area (Å²) in [5, 5.41) is 5.42. The maximum absolute atomic E-state index is 15.2. The standard InChI is InChI=1S/C33H40F4N6O3/c1-20-18-43(19-21(2)42(20)3)29-11-9-22(15-28(29)41-32(46)25-17-40-30(44)16-26(25)33(35,36)37)24-14-23(8-10-27(24)34)31(45)39-13-7-5-4-6-12-38/h8-11,14-17,20-21H,4-7,12-13,18-19,38H2,1-3H3,(H,39,45)(H,40,44)(H,41,46)/t20-,21+. The molecule has 5 N–H and O–H groups in total. The van der Waals surface area contributed by atoms with E-state index in [-0.39, 0.29) is 34.8 Å². The number of halogens is 4. The van der Waals surface area contributed by atoms with Gasteiger partial charge in [0.15, 0.2) is 0 Å². The molecule has 0 bridgehead atoms. The van der Waals surface area contributed by atoms with E-state index in [9.17, 15) is 27.6 Å². The monoisotopic (exact) mass is 644 g/mol. The van der Waals surface area contributed by atoms with Gasteiger partial charge >= 0.3 is 6.18 Å². The number of nitrogens with one attached hydrogen (secondary N) is 3. The van der Waals surface area contributed by atoms with Gasteiger partial charge in [0.2, 0.25) is 5.56 Å². The molecule has 0 spiro atoms. The van der Waals surface area contributed by atoms with Crippen molar-refractivity contribution < 1.29 is 27.2 Å². The molecule has 1 aliphatic rings. The van der Waals surface area contributed by atoms with E-state index in [2.05, 4.69) is 20.5 Å². The lowest BCUT2D eigenvalue weighted by Gasteiger charge is -2.44. The number of piperazine rings is 1.